The Bertz CT molecular complexity index is 1400. The van der Waals surface area contributed by atoms with Gasteiger partial charge in [-0.05, 0) is 70.2 Å². The van der Waals surface area contributed by atoms with E-state index in [1.54, 1.807) is 29.2 Å². The molecule has 2 aromatic carbocycles. The smallest absolute Gasteiger partial charge is 0.418 e. The van der Waals surface area contributed by atoms with Crippen LogP contribution in [0.25, 0.3) is 10.9 Å². The number of hydrogen-bond donors (Lipinski definition) is 1. The number of amides is 1. The molecule has 0 atom stereocenters. The molecule has 0 saturated carbocycles. The zero-order valence-corrected chi connectivity index (χ0v) is 22.6. The number of anilines is 3. The second-order valence-corrected chi connectivity index (χ2v) is 10.2. The molecule has 12 heteroatoms. The molecule has 1 amide bonds. The maximum absolute atomic E-state index is 14.2. The first-order valence-electron chi connectivity index (χ1n) is 12.7. The molecule has 40 heavy (non-hydrogen) atoms. The van der Waals surface area contributed by atoms with Crippen molar-refractivity contribution in [3.8, 4) is 0 Å². The summed E-state index contributed by atoms with van der Waals surface area (Å²) in [7, 11) is 0. The predicted octanol–water partition coefficient (Wildman–Crippen LogP) is 6.37. The largest absolute Gasteiger partial charge is 0.462 e. The second kappa shape index (κ2) is 11.2. The maximum Gasteiger partial charge on any atom is 0.418 e. The standard InChI is InChI=1S/C28H30F4N4O4/c1-5-39-25(37)22-23(28(30,31)32)20-16-17(29)6-11-21(20)34-24(22)33-18-7-9-19(10-8-18)35-12-14-36(15-13-35)26(38)40-27(2,3)4/h6-11,16H,5,12-15H2,1-4H3,(H,33,34). The number of nitrogens with one attached hydrogen (secondary N) is 1. The lowest BCUT2D eigenvalue weighted by atomic mass is 10.0. The van der Waals surface area contributed by atoms with E-state index in [-0.39, 0.29) is 24.0 Å². The Kier molecular flexibility index (Phi) is 8.08. The van der Waals surface area contributed by atoms with Crippen molar-refractivity contribution in [2.24, 2.45) is 0 Å². The van der Waals surface area contributed by atoms with Crippen molar-refractivity contribution in [3.63, 3.8) is 0 Å². The van der Waals surface area contributed by atoms with E-state index < -0.39 is 40.1 Å². The van der Waals surface area contributed by atoms with Gasteiger partial charge >= 0.3 is 18.2 Å². The minimum absolute atomic E-state index is 0.135. The summed E-state index contributed by atoms with van der Waals surface area (Å²) < 4.78 is 66.9. The van der Waals surface area contributed by atoms with Gasteiger partial charge in [-0.2, -0.15) is 13.2 Å². The van der Waals surface area contributed by atoms with Crippen molar-refractivity contribution in [1.29, 1.82) is 0 Å². The minimum atomic E-state index is -4.99. The molecule has 0 unspecified atom stereocenters. The highest BCUT2D eigenvalue weighted by Crippen LogP contribution is 2.41. The molecule has 0 bridgehead atoms. The van der Waals surface area contributed by atoms with Crippen LogP contribution in [0.3, 0.4) is 0 Å². The van der Waals surface area contributed by atoms with Crippen LogP contribution in [0.4, 0.5) is 39.5 Å². The quantitative estimate of drug-likeness (QED) is 0.286. The predicted molar refractivity (Wildman–Crippen MR) is 142 cm³/mol. The van der Waals surface area contributed by atoms with Crippen LogP contribution in [-0.2, 0) is 15.7 Å². The molecule has 4 rings (SSSR count). The average molecular weight is 563 g/mol. The summed E-state index contributed by atoms with van der Waals surface area (Å²) in [6.45, 7) is 8.81. The van der Waals surface area contributed by atoms with Crippen LogP contribution < -0.4 is 10.2 Å². The first kappa shape index (κ1) is 28.9. The minimum Gasteiger partial charge on any atom is -0.462 e. The van der Waals surface area contributed by atoms with Crippen molar-refractivity contribution in [2.45, 2.75) is 39.5 Å². The van der Waals surface area contributed by atoms with Crippen LogP contribution in [0.5, 0.6) is 0 Å². The van der Waals surface area contributed by atoms with Gasteiger partial charge in [-0.25, -0.2) is 19.0 Å². The Morgan fingerprint density at radius 3 is 2.23 bits per heavy atom. The van der Waals surface area contributed by atoms with Gasteiger partial charge in [0, 0.05) is 42.9 Å². The molecule has 1 saturated heterocycles. The second-order valence-electron chi connectivity index (χ2n) is 10.2. The number of benzene rings is 2. The van der Waals surface area contributed by atoms with E-state index in [0.29, 0.717) is 37.9 Å². The highest BCUT2D eigenvalue weighted by atomic mass is 19.4. The monoisotopic (exact) mass is 562 g/mol. The van der Waals surface area contributed by atoms with Gasteiger partial charge in [-0.1, -0.05) is 0 Å². The Morgan fingerprint density at radius 2 is 1.65 bits per heavy atom. The number of carbonyl (C=O) groups is 2. The molecule has 1 aliphatic heterocycles. The fraction of sp³-hybridized carbons (Fsp3) is 0.393. The van der Waals surface area contributed by atoms with Crippen LogP contribution in [0.1, 0.15) is 43.6 Å². The number of piperazine rings is 1. The molecule has 1 aromatic heterocycles. The Morgan fingerprint density at radius 1 is 1.00 bits per heavy atom. The third kappa shape index (κ3) is 6.54. The number of carbonyl (C=O) groups excluding carboxylic acids is 2. The SMILES string of the molecule is CCOC(=O)c1c(Nc2ccc(N3CCN(C(=O)OC(C)(C)C)CC3)cc2)nc2ccc(F)cc2c1C(F)(F)F. The summed E-state index contributed by atoms with van der Waals surface area (Å²) in [5, 5.41) is 2.27. The lowest BCUT2D eigenvalue weighted by Gasteiger charge is -2.36. The van der Waals surface area contributed by atoms with Gasteiger partial charge in [0.1, 0.15) is 22.8 Å². The molecule has 1 fully saturated rings. The first-order chi connectivity index (χ1) is 18.8. The number of halogens is 4. The van der Waals surface area contributed by atoms with Crippen molar-refractivity contribution in [2.75, 3.05) is 43.0 Å². The molecular weight excluding hydrogens is 532 g/mol. The molecule has 3 aromatic rings. The third-order valence-electron chi connectivity index (χ3n) is 6.14. The van der Waals surface area contributed by atoms with Crippen LogP contribution in [0.15, 0.2) is 42.5 Å². The van der Waals surface area contributed by atoms with E-state index in [2.05, 4.69) is 15.2 Å². The average Bonchev–Trinajstić information content (AvgIpc) is 2.87. The van der Waals surface area contributed by atoms with Crippen LogP contribution in [-0.4, -0.2) is 60.3 Å². The number of rotatable bonds is 5. The number of nitrogens with zero attached hydrogens (tertiary/aromatic N) is 3. The molecule has 0 spiro atoms. The molecule has 1 N–H and O–H groups in total. The molecule has 214 valence electrons. The Balaban J connectivity index is 1.59. The number of hydrogen-bond acceptors (Lipinski definition) is 7. The lowest BCUT2D eigenvalue weighted by molar-refractivity contribution is -0.136. The van der Waals surface area contributed by atoms with Gasteiger partial charge in [0.15, 0.2) is 0 Å². The van der Waals surface area contributed by atoms with Gasteiger partial charge in [0.05, 0.1) is 17.7 Å². The normalized spacial score (nSPS) is 14.3. The zero-order chi connectivity index (χ0) is 29.2. The summed E-state index contributed by atoms with van der Waals surface area (Å²) in [6, 6.07) is 9.67. The molecular formula is C28H30F4N4O4. The first-order valence-corrected chi connectivity index (χ1v) is 12.7. The topological polar surface area (TPSA) is 84.0 Å². The third-order valence-corrected chi connectivity index (χ3v) is 6.14. The van der Waals surface area contributed by atoms with Crippen molar-refractivity contribution >= 4 is 40.2 Å². The van der Waals surface area contributed by atoms with Crippen LogP contribution >= 0.6 is 0 Å². The highest BCUT2D eigenvalue weighted by Gasteiger charge is 2.40. The van der Waals surface area contributed by atoms with Crippen LogP contribution in [0.2, 0.25) is 0 Å². The van der Waals surface area contributed by atoms with Crippen molar-refractivity contribution in [3.05, 3.63) is 59.4 Å². The zero-order valence-electron chi connectivity index (χ0n) is 22.6. The van der Waals surface area contributed by atoms with E-state index >= 15 is 0 Å². The number of pyridine rings is 1. The van der Waals surface area contributed by atoms with Gasteiger partial charge in [-0.15, -0.1) is 0 Å². The molecule has 8 nitrogen and oxygen atoms in total. The van der Waals surface area contributed by atoms with Gasteiger partial charge in [0.25, 0.3) is 0 Å². The van der Waals surface area contributed by atoms with E-state index in [1.807, 2.05) is 20.8 Å². The van der Waals surface area contributed by atoms with E-state index in [9.17, 15) is 27.2 Å². The summed E-state index contributed by atoms with van der Waals surface area (Å²) in [4.78, 5) is 33.0. The number of ether oxygens (including phenoxy) is 2. The Hall–Kier alpha value is -4.09. The van der Waals surface area contributed by atoms with E-state index in [0.717, 1.165) is 17.8 Å². The van der Waals surface area contributed by atoms with E-state index in [1.165, 1.54) is 6.92 Å². The Labute approximate surface area is 228 Å². The lowest BCUT2D eigenvalue weighted by Crippen LogP contribution is -2.50. The fourth-order valence-corrected chi connectivity index (χ4v) is 4.39. The molecule has 1 aliphatic rings. The van der Waals surface area contributed by atoms with E-state index in [4.69, 9.17) is 9.47 Å². The summed E-state index contributed by atoms with van der Waals surface area (Å²) >= 11 is 0. The highest BCUT2D eigenvalue weighted by molar-refractivity contribution is 6.03. The number of esters is 1. The summed E-state index contributed by atoms with van der Waals surface area (Å²) in [5.74, 6) is -2.48. The molecule has 2 heterocycles. The summed E-state index contributed by atoms with van der Waals surface area (Å²) in [6.07, 6.45) is -5.35. The number of alkyl halides is 3. The van der Waals surface area contributed by atoms with Crippen LogP contribution in [0, 0.1) is 5.82 Å². The molecule has 0 radical (unpaired) electrons. The van der Waals surface area contributed by atoms with Gasteiger partial charge in [-0.3, -0.25) is 0 Å². The molecule has 0 aliphatic carbocycles. The number of fused-ring (bicyclic) bond motifs is 1. The summed E-state index contributed by atoms with van der Waals surface area (Å²) in [5.41, 5.74) is -1.64. The van der Waals surface area contributed by atoms with Gasteiger partial charge < -0.3 is 24.6 Å². The maximum atomic E-state index is 14.2. The fourth-order valence-electron chi connectivity index (χ4n) is 4.39. The number of aromatic nitrogens is 1. The van der Waals surface area contributed by atoms with Crippen molar-refractivity contribution < 1.29 is 36.6 Å². The van der Waals surface area contributed by atoms with Crippen molar-refractivity contribution in [1.82, 2.24) is 9.88 Å². The van der Waals surface area contributed by atoms with Gasteiger partial charge in [0.2, 0.25) is 0 Å².